The summed E-state index contributed by atoms with van der Waals surface area (Å²) in [7, 11) is 3.45. The van der Waals surface area contributed by atoms with Crippen LogP contribution in [0.4, 0.5) is 0 Å². The smallest absolute Gasteiger partial charge is 0.191 e. The number of hydrogen-bond donors (Lipinski definition) is 2. The van der Waals surface area contributed by atoms with Gasteiger partial charge in [-0.05, 0) is 37.3 Å². The largest absolute Gasteiger partial charge is 0.497 e. The number of guanidine groups is 1. The van der Waals surface area contributed by atoms with Gasteiger partial charge in [-0.2, -0.15) is 0 Å². The zero-order valence-corrected chi connectivity index (χ0v) is 18.2. The summed E-state index contributed by atoms with van der Waals surface area (Å²) in [4.78, 5) is 4.34. The van der Waals surface area contributed by atoms with Crippen LogP contribution in [0.25, 0.3) is 0 Å². The Hall–Kier alpha value is -1.95. The van der Waals surface area contributed by atoms with Crippen molar-refractivity contribution in [3.63, 3.8) is 0 Å². The summed E-state index contributed by atoms with van der Waals surface area (Å²) in [5.74, 6) is 2.86. The predicted octanol–water partition coefficient (Wildman–Crippen LogP) is 3.47. The summed E-state index contributed by atoms with van der Waals surface area (Å²) in [6.45, 7) is 11.2. The topological polar surface area (TPSA) is 64.1 Å². The second-order valence-electron chi connectivity index (χ2n) is 8.50. The highest BCUT2D eigenvalue weighted by molar-refractivity contribution is 5.79. The molecule has 1 fully saturated rings. The number of ether oxygens (including phenoxy) is 3. The molecule has 158 valence electrons. The maximum Gasteiger partial charge on any atom is 0.191 e. The van der Waals surface area contributed by atoms with Gasteiger partial charge in [0.25, 0.3) is 0 Å². The first-order chi connectivity index (χ1) is 13.3. The van der Waals surface area contributed by atoms with Gasteiger partial charge in [-0.3, -0.25) is 4.99 Å². The maximum absolute atomic E-state index is 6.07. The molecule has 1 aliphatic heterocycles. The summed E-state index contributed by atoms with van der Waals surface area (Å²) in [5.41, 5.74) is 0.142. The van der Waals surface area contributed by atoms with Gasteiger partial charge in [0.1, 0.15) is 17.6 Å². The molecular formula is C22H37N3O3. The quantitative estimate of drug-likeness (QED) is 0.550. The van der Waals surface area contributed by atoms with Gasteiger partial charge in [-0.25, -0.2) is 0 Å². The van der Waals surface area contributed by atoms with Crippen molar-refractivity contribution in [2.75, 3.05) is 33.9 Å². The van der Waals surface area contributed by atoms with Crippen LogP contribution in [0.15, 0.2) is 29.3 Å². The lowest BCUT2D eigenvalue weighted by atomic mass is 9.78. The van der Waals surface area contributed by atoms with E-state index in [-0.39, 0.29) is 17.6 Å². The Kier molecular flexibility index (Phi) is 8.42. The Morgan fingerprint density at radius 1 is 1.29 bits per heavy atom. The summed E-state index contributed by atoms with van der Waals surface area (Å²) < 4.78 is 17.3. The molecule has 0 amide bonds. The molecule has 3 unspecified atom stereocenters. The molecule has 1 aliphatic rings. The third-order valence-electron chi connectivity index (χ3n) is 4.99. The van der Waals surface area contributed by atoms with Crippen molar-refractivity contribution in [3.8, 4) is 11.5 Å². The molecule has 0 radical (unpaired) electrons. The molecule has 0 aliphatic carbocycles. The second-order valence-corrected chi connectivity index (χ2v) is 8.50. The minimum atomic E-state index is -0.00834. The van der Waals surface area contributed by atoms with Gasteiger partial charge < -0.3 is 24.8 Å². The van der Waals surface area contributed by atoms with Crippen molar-refractivity contribution < 1.29 is 14.2 Å². The molecule has 1 aromatic carbocycles. The molecule has 1 saturated heterocycles. The molecule has 0 bridgehead atoms. The number of nitrogens with one attached hydrogen (secondary N) is 2. The van der Waals surface area contributed by atoms with Crippen molar-refractivity contribution in [1.29, 1.82) is 0 Å². The fourth-order valence-electron chi connectivity index (χ4n) is 3.65. The van der Waals surface area contributed by atoms with E-state index in [0.717, 1.165) is 37.0 Å². The molecule has 0 saturated carbocycles. The number of nitrogens with zero attached hydrogens (tertiary/aromatic N) is 1. The lowest BCUT2D eigenvalue weighted by molar-refractivity contribution is -0.0835. The number of methoxy groups -OCH3 is 1. The zero-order chi connectivity index (χ0) is 20.6. The number of hydrogen-bond acceptors (Lipinski definition) is 4. The van der Waals surface area contributed by atoms with Crippen LogP contribution in [0.3, 0.4) is 0 Å². The van der Waals surface area contributed by atoms with E-state index >= 15 is 0 Å². The minimum Gasteiger partial charge on any atom is -0.497 e. The monoisotopic (exact) mass is 391 g/mol. The van der Waals surface area contributed by atoms with Crippen LogP contribution in [0.2, 0.25) is 0 Å². The highest BCUT2D eigenvalue weighted by atomic mass is 16.5. The molecule has 28 heavy (non-hydrogen) atoms. The van der Waals surface area contributed by atoms with Crippen LogP contribution >= 0.6 is 0 Å². The van der Waals surface area contributed by atoms with Crippen molar-refractivity contribution in [2.24, 2.45) is 16.3 Å². The normalized spacial score (nSPS) is 21.7. The number of rotatable bonds is 7. The summed E-state index contributed by atoms with van der Waals surface area (Å²) in [5, 5.41) is 6.82. The lowest BCUT2D eigenvalue weighted by Crippen LogP contribution is -2.48. The van der Waals surface area contributed by atoms with E-state index in [0.29, 0.717) is 12.5 Å². The molecule has 3 atom stereocenters. The summed E-state index contributed by atoms with van der Waals surface area (Å²) >= 11 is 0. The van der Waals surface area contributed by atoms with E-state index < -0.39 is 0 Å². The molecule has 0 spiro atoms. The number of benzene rings is 1. The molecule has 2 N–H and O–H groups in total. The van der Waals surface area contributed by atoms with Crippen LogP contribution in [-0.4, -0.2) is 52.0 Å². The van der Waals surface area contributed by atoms with Gasteiger partial charge in [0.05, 0.1) is 19.8 Å². The highest BCUT2D eigenvalue weighted by Crippen LogP contribution is 2.33. The van der Waals surface area contributed by atoms with Gasteiger partial charge in [0, 0.05) is 32.2 Å². The van der Waals surface area contributed by atoms with Gasteiger partial charge in [-0.1, -0.05) is 26.8 Å². The molecular weight excluding hydrogens is 354 g/mol. The SMILES string of the molecule is CN=C(NCC(C)Oc1cccc(OC)c1)NCC1CCCOC1C(C)(C)C. The van der Waals surface area contributed by atoms with E-state index in [4.69, 9.17) is 14.2 Å². The van der Waals surface area contributed by atoms with E-state index in [2.05, 4.69) is 36.4 Å². The fraction of sp³-hybridized carbons (Fsp3) is 0.682. The first-order valence-corrected chi connectivity index (χ1v) is 10.2. The molecule has 6 nitrogen and oxygen atoms in total. The molecule has 6 heteroatoms. The first-order valence-electron chi connectivity index (χ1n) is 10.2. The van der Waals surface area contributed by atoms with Gasteiger partial charge in [0.15, 0.2) is 5.96 Å². The molecule has 0 aromatic heterocycles. The summed E-state index contributed by atoms with van der Waals surface area (Å²) in [6.07, 6.45) is 2.56. The van der Waals surface area contributed by atoms with Crippen LogP contribution < -0.4 is 20.1 Å². The third kappa shape index (κ3) is 6.89. The third-order valence-corrected chi connectivity index (χ3v) is 4.99. The Bertz CT molecular complexity index is 628. The standard InChI is InChI=1S/C22H37N3O3/c1-16(28-19-11-7-10-18(13-19)26-6)14-24-21(23-5)25-15-17-9-8-12-27-20(17)22(2,3)4/h7,10-11,13,16-17,20H,8-9,12,14-15H2,1-6H3,(H2,23,24,25). The fourth-order valence-corrected chi connectivity index (χ4v) is 3.65. The zero-order valence-electron chi connectivity index (χ0n) is 18.2. The van der Waals surface area contributed by atoms with Crippen molar-refractivity contribution in [3.05, 3.63) is 24.3 Å². The Morgan fingerprint density at radius 2 is 2.04 bits per heavy atom. The summed E-state index contributed by atoms with van der Waals surface area (Å²) in [6, 6.07) is 7.65. The molecule has 2 rings (SSSR count). The second kappa shape index (κ2) is 10.6. The van der Waals surface area contributed by atoms with E-state index in [1.807, 2.05) is 31.2 Å². The Labute approximate surface area is 170 Å². The Morgan fingerprint density at radius 3 is 2.71 bits per heavy atom. The predicted molar refractivity (Wildman–Crippen MR) is 114 cm³/mol. The number of aliphatic imine (C=N–C) groups is 1. The minimum absolute atomic E-state index is 0.00834. The molecule has 1 aromatic rings. The van der Waals surface area contributed by atoms with E-state index in [1.54, 1.807) is 14.2 Å². The molecule has 1 heterocycles. The Balaban J connectivity index is 1.80. The first kappa shape index (κ1) is 22.3. The van der Waals surface area contributed by atoms with Crippen LogP contribution in [0.1, 0.15) is 40.5 Å². The van der Waals surface area contributed by atoms with Crippen LogP contribution in [-0.2, 0) is 4.74 Å². The van der Waals surface area contributed by atoms with Crippen molar-refractivity contribution >= 4 is 5.96 Å². The van der Waals surface area contributed by atoms with E-state index in [9.17, 15) is 0 Å². The average molecular weight is 392 g/mol. The van der Waals surface area contributed by atoms with Crippen LogP contribution in [0, 0.1) is 11.3 Å². The van der Waals surface area contributed by atoms with Gasteiger partial charge in [0.2, 0.25) is 0 Å². The van der Waals surface area contributed by atoms with E-state index in [1.165, 1.54) is 6.42 Å². The maximum atomic E-state index is 6.07. The highest BCUT2D eigenvalue weighted by Gasteiger charge is 2.35. The van der Waals surface area contributed by atoms with Crippen molar-refractivity contribution in [2.45, 2.75) is 52.7 Å². The average Bonchev–Trinajstić information content (AvgIpc) is 2.67. The van der Waals surface area contributed by atoms with Crippen LogP contribution in [0.5, 0.6) is 11.5 Å². The van der Waals surface area contributed by atoms with Gasteiger partial charge >= 0.3 is 0 Å². The van der Waals surface area contributed by atoms with Gasteiger partial charge in [-0.15, -0.1) is 0 Å². The van der Waals surface area contributed by atoms with Crippen molar-refractivity contribution in [1.82, 2.24) is 10.6 Å². The lowest BCUT2D eigenvalue weighted by Gasteiger charge is -2.40.